The number of carbonyl (C=O) groups excluding carboxylic acids is 1. The largest absolute Gasteiger partial charge is 0.352 e. The maximum atomic E-state index is 11.6. The van der Waals surface area contributed by atoms with Crippen molar-refractivity contribution < 1.29 is 4.79 Å². The molecule has 6 nitrogen and oxygen atoms in total. The Labute approximate surface area is 145 Å². The highest BCUT2D eigenvalue weighted by molar-refractivity contribution is 14.0. The SMILES string of the molecule is CN=C(NCC(=O)N(C)C)NC1CN(C(C)C)CC1C.I. The molecule has 0 aliphatic carbocycles. The summed E-state index contributed by atoms with van der Waals surface area (Å²) >= 11 is 0. The number of nitrogens with one attached hydrogen (secondary N) is 2. The first kappa shape index (κ1) is 20.4. The molecule has 124 valence electrons. The van der Waals surface area contributed by atoms with Crippen molar-refractivity contribution in [3.63, 3.8) is 0 Å². The minimum absolute atomic E-state index is 0. The van der Waals surface area contributed by atoms with E-state index in [0.717, 1.165) is 13.1 Å². The van der Waals surface area contributed by atoms with E-state index in [4.69, 9.17) is 0 Å². The lowest BCUT2D eigenvalue weighted by atomic mass is 10.1. The van der Waals surface area contributed by atoms with Crippen LogP contribution in [0.1, 0.15) is 20.8 Å². The summed E-state index contributed by atoms with van der Waals surface area (Å²) < 4.78 is 0. The molecule has 1 heterocycles. The van der Waals surface area contributed by atoms with Gasteiger partial charge in [-0.1, -0.05) is 6.92 Å². The van der Waals surface area contributed by atoms with Gasteiger partial charge >= 0.3 is 0 Å². The van der Waals surface area contributed by atoms with Crippen molar-refractivity contribution in [2.45, 2.75) is 32.9 Å². The maximum Gasteiger partial charge on any atom is 0.241 e. The number of amides is 1. The molecule has 0 saturated carbocycles. The quantitative estimate of drug-likeness (QED) is 0.404. The minimum Gasteiger partial charge on any atom is -0.352 e. The van der Waals surface area contributed by atoms with Crippen molar-refractivity contribution in [1.82, 2.24) is 20.4 Å². The zero-order chi connectivity index (χ0) is 15.3. The zero-order valence-electron chi connectivity index (χ0n) is 14.0. The molecule has 0 radical (unpaired) electrons. The summed E-state index contributed by atoms with van der Waals surface area (Å²) in [5.41, 5.74) is 0. The van der Waals surface area contributed by atoms with E-state index in [1.165, 1.54) is 0 Å². The predicted octanol–water partition coefficient (Wildman–Crippen LogP) is 0.586. The number of guanidine groups is 1. The summed E-state index contributed by atoms with van der Waals surface area (Å²) in [6, 6.07) is 0.938. The van der Waals surface area contributed by atoms with Gasteiger partial charge in [-0.2, -0.15) is 0 Å². The van der Waals surface area contributed by atoms with E-state index in [1.54, 1.807) is 26.0 Å². The van der Waals surface area contributed by atoms with Gasteiger partial charge in [-0.05, 0) is 19.8 Å². The lowest BCUT2D eigenvalue weighted by Crippen LogP contribution is -2.49. The summed E-state index contributed by atoms with van der Waals surface area (Å²) in [7, 11) is 5.23. The van der Waals surface area contributed by atoms with Gasteiger partial charge in [0.1, 0.15) is 0 Å². The monoisotopic (exact) mass is 411 g/mol. The molecule has 1 aliphatic rings. The Morgan fingerprint density at radius 2 is 2.00 bits per heavy atom. The van der Waals surface area contributed by atoms with Gasteiger partial charge < -0.3 is 15.5 Å². The minimum atomic E-state index is 0. The van der Waals surface area contributed by atoms with E-state index in [-0.39, 0.29) is 36.4 Å². The Balaban J connectivity index is 0.00000400. The molecular formula is C14H30IN5O. The van der Waals surface area contributed by atoms with Crippen molar-refractivity contribution in [2.75, 3.05) is 40.8 Å². The van der Waals surface area contributed by atoms with Crippen LogP contribution in [0.5, 0.6) is 0 Å². The van der Waals surface area contributed by atoms with Gasteiger partial charge in [-0.3, -0.25) is 14.7 Å². The van der Waals surface area contributed by atoms with E-state index >= 15 is 0 Å². The van der Waals surface area contributed by atoms with Crippen LogP contribution >= 0.6 is 24.0 Å². The van der Waals surface area contributed by atoms with Crippen LogP contribution in [0.2, 0.25) is 0 Å². The fraction of sp³-hybridized carbons (Fsp3) is 0.857. The lowest BCUT2D eigenvalue weighted by Gasteiger charge is -2.22. The van der Waals surface area contributed by atoms with Crippen LogP contribution in [0, 0.1) is 5.92 Å². The molecule has 1 saturated heterocycles. The Kier molecular flexibility index (Phi) is 9.19. The number of nitrogens with zero attached hydrogens (tertiary/aromatic N) is 3. The number of carbonyl (C=O) groups is 1. The Morgan fingerprint density at radius 3 is 2.43 bits per heavy atom. The number of rotatable bonds is 4. The van der Waals surface area contributed by atoms with Crippen LogP contribution in [0.4, 0.5) is 0 Å². The summed E-state index contributed by atoms with van der Waals surface area (Å²) in [6.07, 6.45) is 0. The third kappa shape index (κ3) is 6.37. The topological polar surface area (TPSA) is 60.0 Å². The fourth-order valence-electron chi connectivity index (χ4n) is 2.30. The molecule has 0 spiro atoms. The molecule has 0 aromatic heterocycles. The average Bonchev–Trinajstić information content (AvgIpc) is 2.75. The predicted molar refractivity (Wildman–Crippen MR) is 98.3 cm³/mol. The van der Waals surface area contributed by atoms with Crippen molar-refractivity contribution in [3.8, 4) is 0 Å². The van der Waals surface area contributed by atoms with E-state index < -0.39 is 0 Å². The second-order valence-electron chi connectivity index (χ2n) is 5.99. The van der Waals surface area contributed by atoms with Crippen molar-refractivity contribution in [1.29, 1.82) is 0 Å². The van der Waals surface area contributed by atoms with Gasteiger partial charge in [0.15, 0.2) is 5.96 Å². The molecule has 0 aromatic rings. The molecule has 1 rings (SSSR count). The zero-order valence-corrected chi connectivity index (χ0v) is 16.3. The average molecular weight is 411 g/mol. The number of aliphatic imine (C=N–C) groups is 1. The van der Waals surface area contributed by atoms with Crippen LogP contribution in [-0.4, -0.2) is 74.5 Å². The highest BCUT2D eigenvalue weighted by Crippen LogP contribution is 2.18. The smallest absolute Gasteiger partial charge is 0.241 e. The molecule has 1 amide bonds. The first-order valence-electron chi connectivity index (χ1n) is 7.26. The summed E-state index contributed by atoms with van der Waals surface area (Å²) in [5, 5.41) is 6.49. The van der Waals surface area contributed by atoms with Crippen molar-refractivity contribution in [2.24, 2.45) is 10.9 Å². The Hall–Kier alpha value is -0.570. The van der Waals surface area contributed by atoms with Crippen molar-refractivity contribution >= 4 is 35.8 Å². The van der Waals surface area contributed by atoms with Crippen molar-refractivity contribution in [3.05, 3.63) is 0 Å². The van der Waals surface area contributed by atoms with Gasteiger partial charge in [0.2, 0.25) is 5.91 Å². The third-order valence-corrected chi connectivity index (χ3v) is 3.82. The number of halogens is 1. The van der Waals surface area contributed by atoms with Gasteiger partial charge in [-0.15, -0.1) is 24.0 Å². The molecule has 0 aromatic carbocycles. The second kappa shape index (κ2) is 9.45. The van der Waals surface area contributed by atoms with E-state index in [1.807, 2.05) is 0 Å². The lowest BCUT2D eigenvalue weighted by molar-refractivity contribution is -0.127. The molecule has 7 heteroatoms. The molecule has 1 fully saturated rings. The van der Waals surface area contributed by atoms with Crippen LogP contribution in [0.15, 0.2) is 4.99 Å². The van der Waals surface area contributed by atoms with Crippen LogP contribution in [-0.2, 0) is 4.79 Å². The number of likely N-dealkylation sites (tertiary alicyclic amines) is 1. The van der Waals surface area contributed by atoms with E-state index in [2.05, 4.69) is 41.3 Å². The van der Waals surface area contributed by atoms with Crippen LogP contribution in [0.25, 0.3) is 0 Å². The molecule has 2 atom stereocenters. The van der Waals surface area contributed by atoms with E-state index in [0.29, 0.717) is 24.0 Å². The standard InChI is InChI=1S/C14H29N5O.HI/c1-10(2)19-8-11(3)12(9-19)17-14(15-4)16-7-13(20)18(5)6;/h10-12H,7-9H2,1-6H3,(H2,15,16,17);1H. The summed E-state index contributed by atoms with van der Waals surface area (Å²) in [5.74, 6) is 1.30. The second-order valence-corrected chi connectivity index (χ2v) is 5.99. The normalized spacial score (nSPS) is 22.9. The molecule has 2 N–H and O–H groups in total. The fourth-order valence-corrected chi connectivity index (χ4v) is 2.30. The maximum absolute atomic E-state index is 11.6. The molecule has 2 unspecified atom stereocenters. The Bertz CT molecular complexity index is 359. The first-order valence-corrected chi connectivity index (χ1v) is 7.26. The van der Waals surface area contributed by atoms with E-state index in [9.17, 15) is 4.79 Å². The van der Waals surface area contributed by atoms with Gasteiger partial charge in [0.25, 0.3) is 0 Å². The molecular weight excluding hydrogens is 381 g/mol. The van der Waals surface area contributed by atoms with Gasteiger partial charge in [0, 0.05) is 46.3 Å². The number of likely N-dealkylation sites (N-methyl/N-ethyl adjacent to an activating group) is 1. The number of hydrogen-bond acceptors (Lipinski definition) is 3. The van der Waals surface area contributed by atoms with Crippen LogP contribution < -0.4 is 10.6 Å². The molecule has 0 bridgehead atoms. The third-order valence-electron chi connectivity index (χ3n) is 3.82. The summed E-state index contributed by atoms with van der Waals surface area (Å²) in [6.45, 7) is 9.07. The Morgan fingerprint density at radius 1 is 1.38 bits per heavy atom. The highest BCUT2D eigenvalue weighted by Gasteiger charge is 2.31. The van der Waals surface area contributed by atoms with Gasteiger partial charge in [-0.25, -0.2) is 0 Å². The highest BCUT2D eigenvalue weighted by atomic mass is 127. The number of hydrogen-bond donors (Lipinski definition) is 2. The molecule has 1 aliphatic heterocycles. The summed E-state index contributed by atoms with van der Waals surface area (Å²) in [4.78, 5) is 19.8. The first-order chi connectivity index (χ1) is 9.35. The van der Waals surface area contributed by atoms with Gasteiger partial charge in [0.05, 0.1) is 6.54 Å². The molecule has 21 heavy (non-hydrogen) atoms. The van der Waals surface area contributed by atoms with Crippen LogP contribution in [0.3, 0.4) is 0 Å².